The molecule has 9 atom stereocenters. The van der Waals surface area contributed by atoms with Crippen molar-refractivity contribution in [1.82, 2.24) is 9.47 Å². The quantitative estimate of drug-likeness (QED) is 0.308. The lowest BCUT2D eigenvalue weighted by atomic mass is 9.46. The van der Waals surface area contributed by atoms with Crippen molar-refractivity contribution in [3.05, 3.63) is 57.7 Å². The molecule has 0 bridgehead atoms. The first kappa shape index (κ1) is 41.3. The van der Waals surface area contributed by atoms with Crippen LogP contribution in [-0.4, -0.2) is 100 Å². The average molecular weight is 817 g/mol. The van der Waals surface area contributed by atoms with E-state index in [4.69, 9.17) is 15.2 Å². The molecular weight excluding hydrogens is 760 g/mol. The van der Waals surface area contributed by atoms with Gasteiger partial charge in [-0.05, 0) is 87.8 Å². The Morgan fingerprint density at radius 2 is 1.83 bits per heavy atom. The molecule has 14 heteroatoms. The minimum atomic E-state index is -1.89. The average Bonchev–Trinajstić information content (AvgIpc) is 4.00. The lowest BCUT2D eigenvalue weighted by Gasteiger charge is -2.59. The predicted octanol–water partition coefficient (Wildman–Crippen LogP) is 4.24. The van der Waals surface area contributed by atoms with E-state index < -0.39 is 58.2 Å². The molecule has 0 radical (unpaired) electrons. The highest BCUT2D eigenvalue weighted by molar-refractivity contribution is 6.01. The van der Waals surface area contributed by atoms with Crippen LogP contribution in [0, 0.1) is 40.3 Å². The van der Waals surface area contributed by atoms with E-state index in [1.807, 2.05) is 33.8 Å². The third-order valence-electron chi connectivity index (χ3n) is 15.2. The van der Waals surface area contributed by atoms with Gasteiger partial charge in [-0.2, -0.15) is 0 Å². The van der Waals surface area contributed by atoms with Crippen LogP contribution in [0.1, 0.15) is 96.0 Å². The number of benzene rings is 1. The molecule has 1 amide bonds. The van der Waals surface area contributed by atoms with E-state index >= 15 is 4.39 Å². The summed E-state index contributed by atoms with van der Waals surface area (Å²) >= 11 is 0. The van der Waals surface area contributed by atoms with Crippen molar-refractivity contribution < 1.29 is 43.3 Å². The van der Waals surface area contributed by atoms with Gasteiger partial charge in [-0.25, -0.2) is 9.18 Å². The molecule has 2 heterocycles. The Kier molecular flexibility index (Phi) is 10.3. The van der Waals surface area contributed by atoms with Crippen LogP contribution in [-0.2, 0) is 19.1 Å². The van der Waals surface area contributed by atoms with Crippen molar-refractivity contribution in [2.45, 2.75) is 109 Å². The molecule has 1 aromatic heterocycles. The van der Waals surface area contributed by atoms with E-state index in [0.717, 1.165) is 30.9 Å². The van der Waals surface area contributed by atoms with Gasteiger partial charge in [-0.1, -0.05) is 39.3 Å². The number of anilines is 1. The SMILES string of the molecule is COc1c(N2CCN(C(=O)C(N)C(C)C)C(C)C2)c(F)cc2c(=O)c(C(=O)OCC(=O)[C@@]3(O)CCC4C5CCC6=CC(=O)C=C[C@]6(C)C5[C@@H](O)C[C@@]43C)cn(C3CC3)c12. The zero-order valence-electron chi connectivity index (χ0n) is 34.8. The van der Waals surface area contributed by atoms with Crippen molar-refractivity contribution >= 4 is 40.0 Å². The van der Waals surface area contributed by atoms with E-state index in [2.05, 4.69) is 6.92 Å². The Hall–Kier alpha value is -4.40. The molecule has 1 aromatic carbocycles. The fourth-order valence-electron chi connectivity index (χ4n) is 11.8. The second-order valence-electron chi connectivity index (χ2n) is 18.9. The smallest absolute Gasteiger partial charge is 0.344 e. The molecule has 6 aliphatic rings. The van der Waals surface area contributed by atoms with Gasteiger partial charge < -0.3 is 39.8 Å². The molecule has 1 saturated heterocycles. The number of halogens is 1. The maximum atomic E-state index is 16.3. The van der Waals surface area contributed by atoms with E-state index in [0.29, 0.717) is 38.0 Å². The number of carbonyl (C=O) groups is 4. The Morgan fingerprint density at radius 3 is 2.49 bits per heavy atom. The number of esters is 1. The zero-order chi connectivity index (χ0) is 42.5. The van der Waals surface area contributed by atoms with Crippen molar-refractivity contribution in [3.8, 4) is 5.75 Å². The third kappa shape index (κ3) is 6.38. The molecule has 5 unspecified atom stereocenters. The summed E-state index contributed by atoms with van der Waals surface area (Å²) in [5, 5.41) is 23.9. The number of hydrogen-bond donors (Lipinski definition) is 3. The largest absolute Gasteiger partial charge is 0.492 e. The predicted molar refractivity (Wildman–Crippen MR) is 217 cm³/mol. The highest BCUT2D eigenvalue weighted by Crippen LogP contribution is 2.67. The number of pyridine rings is 1. The molecule has 4 saturated carbocycles. The van der Waals surface area contributed by atoms with Crippen LogP contribution in [0.2, 0.25) is 0 Å². The van der Waals surface area contributed by atoms with Gasteiger partial charge in [-0.3, -0.25) is 19.2 Å². The van der Waals surface area contributed by atoms with Crippen LogP contribution in [0.15, 0.2) is 40.9 Å². The molecule has 59 heavy (non-hydrogen) atoms. The van der Waals surface area contributed by atoms with Crippen LogP contribution in [0.3, 0.4) is 0 Å². The van der Waals surface area contributed by atoms with Crippen LogP contribution >= 0.6 is 0 Å². The second kappa shape index (κ2) is 14.7. The number of fused-ring (bicyclic) bond motifs is 6. The van der Waals surface area contributed by atoms with Crippen LogP contribution in [0.5, 0.6) is 5.75 Å². The van der Waals surface area contributed by atoms with Crippen molar-refractivity contribution in [1.29, 1.82) is 0 Å². The number of nitrogens with zero attached hydrogens (tertiary/aromatic N) is 3. The number of carbonyl (C=O) groups excluding carboxylic acids is 4. The van der Waals surface area contributed by atoms with E-state index in [1.54, 1.807) is 26.5 Å². The third-order valence-corrected chi connectivity index (χ3v) is 15.2. The number of aromatic nitrogens is 1. The van der Waals surface area contributed by atoms with Gasteiger partial charge in [0.15, 0.2) is 24.0 Å². The number of Topliss-reactive ketones (excluding diaryl/α,β-unsaturated/α-hetero) is 1. The molecule has 318 valence electrons. The highest BCUT2D eigenvalue weighted by Gasteiger charge is 2.68. The maximum Gasteiger partial charge on any atom is 0.344 e. The number of amides is 1. The number of nitrogens with two attached hydrogens (primary N) is 1. The summed E-state index contributed by atoms with van der Waals surface area (Å²) in [6.45, 7) is 9.68. The number of ketones is 2. The molecule has 13 nitrogen and oxygen atoms in total. The summed E-state index contributed by atoms with van der Waals surface area (Å²) in [5.74, 6) is -2.89. The number of aliphatic hydroxyl groups excluding tert-OH is 1. The lowest BCUT2D eigenvalue weighted by molar-refractivity contribution is -0.178. The number of hydrogen-bond acceptors (Lipinski definition) is 11. The fourth-order valence-corrected chi connectivity index (χ4v) is 11.8. The molecule has 4 N–H and O–H groups in total. The summed E-state index contributed by atoms with van der Waals surface area (Å²) in [6.07, 6.45) is 9.43. The summed E-state index contributed by atoms with van der Waals surface area (Å²) in [6, 6.07) is 0.0789. The van der Waals surface area contributed by atoms with E-state index in [9.17, 15) is 34.2 Å². The van der Waals surface area contributed by atoms with Crippen LogP contribution < -0.4 is 20.8 Å². The number of allylic oxidation sites excluding steroid dienone is 4. The molecule has 8 rings (SSSR count). The zero-order valence-corrected chi connectivity index (χ0v) is 34.8. The van der Waals surface area contributed by atoms with Crippen LogP contribution in [0.4, 0.5) is 10.1 Å². The Bertz CT molecular complexity index is 2250. The van der Waals surface area contributed by atoms with Gasteiger partial charge in [0.25, 0.3) is 0 Å². The molecule has 5 aliphatic carbocycles. The topological polar surface area (TPSA) is 182 Å². The van der Waals surface area contributed by atoms with Crippen molar-refractivity contribution in [3.63, 3.8) is 0 Å². The number of ether oxygens (including phenoxy) is 2. The van der Waals surface area contributed by atoms with Crippen molar-refractivity contribution in [2.24, 2.45) is 40.2 Å². The number of rotatable bonds is 9. The lowest BCUT2D eigenvalue weighted by Crippen LogP contribution is -2.61. The molecule has 0 spiro atoms. The van der Waals surface area contributed by atoms with E-state index in [1.165, 1.54) is 13.3 Å². The minimum Gasteiger partial charge on any atom is -0.492 e. The monoisotopic (exact) mass is 816 g/mol. The summed E-state index contributed by atoms with van der Waals surface area (Å²) in [4.78, 5) is 70.7. The summed E-state index contributed by atoms with van der Waals surface area (Å²) < 4.78 is 29.5. The van der Waals surface area contributed by atoms with Gasteiger partial charge in [0, 0.05) is 54.7 Å². The molecule has 2 aromatic rings. The second-order valence-corrected chi connectivity index (χ2v) is 18.9. The molecular formula is C45H57FN4O9. The summed E-state index contributed by atoms with van der Waals surface area (Å²) in [7, 11) is 1.40. The first-order chi connectivity index (χ1) is 27.9. The van der Waals surface area contributed by atoms with Gasteiger partial charge in [-0.15, -0.1) is 0 Å². The summed E-state index contributed by atoms with van der Waals surface area (Å²) in [5.41, 5.74) is 3.12. The van der Waals surface area contributed by atoms with Crippen molar-refractivity contribution in [2.75, 3.05) is 38.3 Å². The number of methoxy groups -OCH3 is 1. The highest BCUT2D eigenvalue weighted by atomic mass is 19.1. The Morgan fingerprint density at radius 1 is 1.10 bits per heavy atom. The molecule has 1 aliphatic heterocycles. The Balaban J connectivity index is 1.03. The molecule has 5 fully saturated rings. The minimum absolute atomic E-state index is 0.00429. The standard InChI is InChI=1S/C45H57FN4O9/c1-23(2)36(47)41(55)49-16-15-48(20-24(49)3)38-32(46)18-29-37(40(38)58-6)50(26-8-9-26)21-30(39(29)54)42(56)59-22-34(53)45(57)14-12-31-28-10-7-25-17-27(51)11-13-43(25,4)35(28)33(52)19-44(31,45)5/h11,13,17-18,21,23-24,26,28,31,33,35-36,52,57H,7-10,12,14-16,19-20,22,47H2,1-6H3/t24?,28?,31?,33-,35?,36?,43-,44-,45-/m0/s1. The maximum absolute atomic E-state index is 16.3. The van der Waals surface area contributed by atoms with Gasteiger partial charge >= 0.3 is 5.97 Å². The van der Waals surface area contributed by atoms with Gasteiger partial charge in [0.2, 0.25) is 17.1 Å². The number of aliphatic hydroxyl groups is 2. The van der Waals surface area contributed by atoms with Crippen LogP contribution in [0.25, 0.3) is 10.9 Å². The first-order valence-corrected chi connectivity index (χ1v) is 21.2. The van der Waals surface area contributed by atoms with Gasteiger partial charge in [0.05, 0.1) is 30.2 Å². The van der Waals surface area contributed by atoms with E-state index in [-0.39, 0.29) is 82.7 Å². The Labute approximate surface area is 343 Å². The fraction of sp³-hybridized carbons (Fsp3) is 0.622. The first-order valence-electron chi connectivity index (χ1n) is 21.2. The van der Waals surface area contributed by atoms with Gasteiger partial charge in [0.1, 0.15) is 16.9 Å². The number of piperazine rings is 1. The normalized spacial score (nSPS) is 33.3.